The molecule has 106 valence electrons. The minimum absolute atomic E-state index is 0.867. The lowest BCUT2D eigenvalue weighted by atomic mass is 10.0. The van der Waals surface area contributed by atoms with Crippen LogP contribution in [0.5, 0.6) is 0 Å². The quantitative estimate of drug-likeness (QED) is 0.825. The highest BCUT2D eigenvalue weighted by Gasteiger charge is 2.15. The van der Waals surface area contributed by atoms with Crippen molar-refractivity contribution >= 4 is 11.6 Å². The predicted octanol–water partition coefficient (Wildman–Crippen LogP) is 3.38. The highest BCUT2D eigenvalue weighted by molar-refractivity contribution is 5.56. The Bertz CT molecular complexity index is 411. The topological polar surface area (TPSA) is 49.8 Å². The molecule has 1 aromatic rings. The highest BCUT2D eigenvalue weighted by Crippen LogP contribution is 2.27. The number of aromatic nitrogens is 2. The Balaban J connectivity index is 1.97. The molecular formula is C15H26N4. The lowest BCUT2D eigenvalue weighted by Gasteiger charge is -2.14. The van der Waals surface area contributed by atoms with Crippen LogP contribution in [0, 0.1) is 12.8 Å². The molecule has 4 nitrogen and oxygen atoms in total. The third-order valence-corrected chi connectivity index (χ3v) is 4.06. The molecule has 0 aliphatic heterocycles. The van der Waals surface area contributed by atoms with Crippen LogP contribution in [-0.4, -0.2) is 23.6 Å². The van der Waals surface area contributed by atoms with Crippen LogP contribution in [0.3, 0.4) is 0 Å². The van der Waals surface area contributed by atoms with Gasteiger partial charge in [-0.15, -0.1) is 0 Å². The smallest absolute Gasteiger partial charge is 0.134 e. The van der Waals surface area contributed by atoms with Gasteiger partial charge < -0.3 is 10.6 Å². The maximum absolute atomic E-state index is 4.60. The Labute approximate surface area is 116 Å². The van der Waals surface area contributed by atoms with E-state index in [1.807, 2.05) is 7.05 Å². The van der Waals surface area contributed by atoms with Crippen LogP contribution in [0.25, 0.3) is 0 Å². The van der Waals surface area contributed by atoms with Crippen LogP contribution >= 0.6 is 0 Å². The average Bonchev–Trinajstić information content (AvgIpc) is 2.94. The zero-order valence-corrected chi connectivity index (χ0v) is 12.4. The van der Waals surface area contributed by atoms with Gasteiger partial charge in [-0.1, -0.05) is 32.6 Å². The summed E-state index contributed by atoms with van der Waals surface area (Å²) in [6, 6.07) is 0. The van der Waals surface area contributed by atoms with Gasteiger partial charge in [0.25, 0.3) is 0 Å². The van der Waals surface area contributed by atoms with Crippen molar-refractivity contribution in [3.8, 4) is 0 Å². The van der Waals surface area contributed by atoms with Gasteiger partial charge in [0.2, 0.25) is 0 Å². The van der Waals surface area contributed by atoms with Crippen molar-refractivity contribution in [3.63, 3.8) is 0 Å². The maximum Gasteiger partial charge on any atom is 0.134 e. The van der Waals surface area contributed by atoms with Crippen molar-refractivity contribution < 1.29 is 0 Å². The fourth-order valence-electron chi connectivity index (χ4n) is 2.83. The van der Waals surface area contributed by atoms with Gasteiger partial charge in [0.15, 0.2) is 0 Å². The molecule has 1 aliphatic carbocycles. The Hall–Kier alpha value is -1.32. The molecule has 1 fully saturated rings. The van der Waals surface area contributed by atoms with Gasteiger partial charge in [-0.05, 0) is 19.3 Å². The number of nitrogens with zero attached hydrogens (tertiary/aromatic N) is 2. The number of nitrogens with one attached hydrogen (secondary N) is 2. The van der Waals surface area contributed by atoms with Crippen LogP contribution in [0.2, 0.25) is 0 Å². The summed E-state index contributed by atoms with van der Waals surface area (Å²) in [5, 5.41) is 6.65. The van der Waals surface area contributed by atoms with Gasteiger partial charge in [-0.25, -0.2) is 9.97 Å². The molecule has 1 aromatic heterocycles. The van der Waals surface area contributed by atoms with Gasteiger partial charge in [-0.3, -0.25) is 0 Å². The zero-order chi connectivity index (χ0) is 13.7. The molecule has 0 aromatic carbocycles. The molecule has 0 saturated heterocycles. The summed E-state index contributed by atoms with van der Waals surface area (Å²) in [5.74, 6) is 3.76. The second-order valence-corrected chi connectivity index (χ2v) is 5.43. The lowest BCUT2D eigenvalue weighted by molar-refractivity contribution is 0.518. The molecule has 2 N–H and O–H groups in total. The Morgan fingerprint density at radius 2 is 1.84 bits per heavy atom. The van der Waals surface area contributed by atoms with E-state index in [9.17, 15) is 0 Å². The van der Waals surface area contributed by atoms with E-state index >= 15 is 0 Å². The SMILES string of the molecule is CCc1nc(NC)c(C)c(NCCC2CCCC2)n1. The summed E-state index contributed by atoms with van der Waals surface area (Å²) in [5.41, 5.74) is 1.12. The van der Waals surface area contributed by atoms with E-state index in [4.69, 9.17) is 0 Å². The first-order valence-electron chi connectivity index (χ1n) is 7.53. The van der Waals surface area contributed by atoms with Crippen molar-refractivity contribution in [2.24, 2.45) is 5.92 Å². The first-order chi connectivity index (χ1) is 9.24. The van der Waals surface area contributed by atoms with Gasteiger partial charge in [0, 0.05) is 25.6 Å². The van der Waals surface area contributed by atoms with Crippen LogP contribution in [0.15, 0.2) is 0 Å². The van der Waals surface area contributed by atoms with Crippen LogP contribution in [0.4, 0.5) is 11.6 Å². The first kappa shape index (κ1) is 14.1. The summed E-state index contributed by atoms with van der Waals surface area (Å²) in [4.78, 5) is 9.09. The van der Waals surface area contributed by atoms with Crippen LogP contribution in [-0.2, 0) is 6.42 Å². The van der Waals surface area contributed by atoms with Crippen molar-refractivity contribution in [1.82, 2.24) is 9.97 Å². The van der Waals surface area contributed by atoms with Crippen molar-refractivity contribution in [2.75, 3.05) is 24.2 Å². The number of hydrogen-bond acceptors (Lipinski definition) is 4. The fraction of sp³-hybridized carbons (Fsp3) is 0.733. The van der Waals surface area contributed by atoms with Crippen molar-refractivity contribution in [2.45, 2.75) is 52.4 Å². The van der Waals surface area contributed by atoms with Gasteiger partial charge in [-0.2, -0.15) is 0 Å². The van der Waals surface area contributed by atoms with E-state index in [0.29, 0.717) is 0 Å². The number of rotatable bonds is 6. The Morgan fingerprint density at radius 3 is 2.47 bits per heavy atom. The van der Waals surface area contributed by atoms with E-state index < -0.39 is 0 Å². The Morgan fingerprint density at radius 1 is 1.16 bits per heavy atom. The average molecular weight is 262 g/mol. The van der Waals surface area contributed by atoms with E-state index in [1.165, 1.54) is 32.1 Å². The zero-order valence-electron chi connectivity index (χ0n) is 12.4. The molecule has 1 heterocycles. The number of hydrogen-bond donors (Lipinski definition) is 2. The van der Waals surface area contributed by atoms with Gasteiger partial charge >= 0.3 is 0 Å². The summed E-state index contributed by atoms with van der Waals surface area (Å²) in [7, 11) is 1.91. The summed E-state index contributed by atoms with van der Waals surface area (Å²) in [6.45, 7) is 5.18. The molecule has 0 amide bonds. The maximum atomic E-state index is 4.60. The van der Waals surface area contributed by atoms with Crippen molar-refractivity contribution in [3.05, 3.63) is 11.4 Å². The summed E-state index contributed by atoms with van der Waals surface area (Å²) < 4.78 is 0. The monoisotopic (exact) mass is 262 g/mol. The molecule has 1 saturated carbocycles. The molecule has 0 bridgehead atoms. The predicted molar refractivity (Wildman–Crippen MR) is 80.8 cm³/mol. The molecule has 0 spiro atoms. The van der Waals surface area contributed by atoms with Crippen molar-refractivity contribution in [1.29, 1.82) is 0 Å². The van der Waals surface area contributed by atoms with Gasteiger partial charge in [0.1, 0.15) is 17.5 Å². The molecule has 4 heteroatoms. The Kier molecular flexibility index (Phi) is 5.00. The summed E-state index contributed by atoms with van der Waals surface area (Å²) in [6.07, 6.45) is 7.78. The summed E-state index contributed by atoms with van der Waals surface area (Å²) >= 11 is 0. The third-order valence-electron chi connectivity index (χ3n) is 4.06. The molecule has 0 atom stereocenters. The molecule has 2 rings (SSSR count). The van der Waals surface area contributed by atoms with Crippen LogP contribution in [0.1, 0.15) is 50.4 Å². The second kappa shape index (κ2) is 6.73. The minimum atomic E-state index is 0.867. The second-order valence-electron chi connectivity index (χ2n) is 5.43. The molecule has 0 unspecified atom stereocenters. The lowest BCUT2D eigenvalue weighted by Crippen LogP contribution is -2.12. The standard InChI is InChI=1S/C15H26N4/c1-4-13-18-14(16-3)11(2)15(19-13)17-10-9-12-7-5-6-8-12/h12H,4-10H2,1-3H3,(H2,16,17,18,19). The highest BCUT2D eigenvalue weighted by atomic mass is 15.1. The molecule has 1 aliphatic rings. The van der Waals surface area contributed by atoms with E-state index in [2.05, 4.69) is 34.4 Å². The van der Waals surface area contributed by atoms with E-state index in [1.54, 1.807) is 0 Å². The van der Waals surface area contributed by atoms with E-state index in [0.717, 1.165) is 41.9 Å². The number of aryl methyl sites for hydroxylation is 1. The molecular weight excluding hydrogens is 236 g/mol. The first-order valence-corrected chi connectivity index (χ1v) is 7.53. The normalized spacial score (nSPS) is 15.7. The van der Waals surface area contributed by atoms with Gasteiger partial charge in [0.05, 0.1) is 0 Å². The van der Waals surface area contributed by atoms with Crippen LogP contribution < -0.4 is 10.6 Å². The van der Waals surface area contributed by atoms with E-state index in [-0.39, 0.29) is 0 Å². The molecule has 0 radical (unpaired) electrons. The fourth-order valence-corrected chi connectivity index (χ4v) is 2.83. The molecule has 19 heavy (non-hydrogen) atoms. The number of anilines is 2. The third kappa shape index (κ3) is 3.58. The largest absolute Gasteiger partial charge is 0.373 e. The minimum Gasteiger partial charge on any atom is -0.373 e.